The Bertz CT molecular complexity index is 1650. The van der Waals surface area contributed by atoms with Crippen molar-refractivity contribution in [3.63, 3.8) is 0 Å². The second-order valence-electron chi connectivity index (χ2n) is 8.99. The van der Waals surface area contributed by atoms with E-state index in [9.17, 15) is 14.3 Å². The van der Waals surface area contributed by atoms with Crippen molar-refractivity contribution in [1.29, 1.82) is 0 Å². The highest BCUT2D eigenvalue weighted by molar-refractivity contribution is 7.44. The van der Waals surface area contributed by atoms with Gasteiger partial charge in [0.2, 0.25) is 6.29 Å². The molecular weight excluding hydrogens is 555 g/mol. The number of phosphoric ester groups is 1. The van der Waals surface area contributed by atoms with Gasteiger partial charge in [0, 0.05) is 11.3 Å². The molecule has 6 atom stereocenters. The molecule has 2 aliphatic rings. The third-order valence-corrected chi connectivity index (χ3v) is 6.73. The maximum absolute atomic E-state index is 12.6. The topological polar surface area (TPSA) is 182 Å². The number of benzene rings is 2. The van der Waals surface area contributed by atoms with Gasteiger partial charge in [0.1, 0.15) is 24.6 Å². The van der Waals surface area contributed by atoms with Gasteiger partial charge in [-0.05, 0) is 30.2 Å². The van der Waals surface area contributed by atoms with E-state index in [0.29, 0.717) is 11.3 Å². The molecule has 2 aliphatic heterocycles. The Labute approximate surface area is 232 Å². The lowest BCUT2D eigenvalue weighted by atomic mass is 10.1. The molecule has 2 fully saturated rings. The van der Waals surface area contributed by atoms with Crippen LogP contribution < -0.4 is 15.5 Å². The number of rotatable bonds is 6. The summed E-state index contributed by atoms with van der Waals surface area (Å²) in [7, 11) is -5.03. The molecule has 210 valence electrons. The third kappa shape index (κ3) is 6.12. The normalized spacial score (nSPS) is 24.7. The number of phosphoric acid groups is 1. The van der Waals surface area contributed by atoms with E-state index in [1.165, 1.54) is 12.7 Å². The number of nitrogens with zero attached hydrogens (tertiary/aromatic N) is 4. The summed E-state index contributed by atoms with van der Waals surface area (Å²) in [6.45, 7) is -0.523. The number of carbonyl (C=O) groups excluding carboxylic acids is 1. The van der Waals surface area contributed by atoms with Crippen LogP contribution in [-0.2, 0) is 23.3 Å². The van der Waals surface area contributed by atoms with Gasteiger partial charge in [0.15, 0.2) is 23.2 Å². The van der Waals surface area contributed by atoms with Crippen molar-refractivity contribution in [2.75, 3.05) is 17.2 Å². The van der Waals surface area contributed by atoms with Gasteiger partial charge in [-0.2, -0.15) is 0 Å². The van der Waals surface area contributed by atoms with Gasteiger partial charge in [0.05, 0.1) is 12.9 Å². The van der Waals surface area contributed by atoms with Crippen molar-refractivity contribution < 1.29 is 37.9 Å². The number of para-hydroxylation sites is 1. The summed E-state index contributed by atoms with van der Waals surface area (Å²) < 4.78 is 35.5. The lowest BCUT2D eigenvalue weighted by Crippen LogP contribution is -2.32. The number of ether oxygens (including phenoxy) is 3. The van der Waals surface area contributed by atoms with Crippen molar-refractivity contribution in [1.82, 2.24) is 19.5 Å². The monoisotopic (exact) mass is 577 g/mol. The van der Waals surface area contributed by atoms with Gasteiger partial charge < -0.3 is 33.8 Å². The molecule has 0 aliphatic carbocycles. The summed E-state index contributed by atoms with van der Waals surface area (Å²) in [5.74, 6) is 6.04. The van der Waals surface area contributed by atoms with Crippen LogP contribution in [0.4, 0.5) is 16.3 Å². The molecule has 2 amide bonds. The minimum atomic E-state index is -5.03. The largest absolute Gasteiger partial charge is 0.756 e. The summed E-state index contributed by atoms with van der Waals surface area (Å²) in [4.78, 5) is 45.8. The summed E-state index contributed by atoms with van der Waals surface area (Å²) in [5.41, 5.74) is 1.92. The number of aromatic nitrogens is 4. The van der Waals surface area contributed by atoms with E-state index in [4.69, 9.17) is 19.1 Å². The number of hydrogen-bond donors (Lipinski definition) is 3. The maximum Gasteiger partial charge on any atom is 0.324 e. The minimum Gasteiger partial charge on any atom is -0.756 e. The number of anilines is 2. The number of amides is 2. The zero-order valence-corrected chi connectivity index (χ0v) is 22.0. The summed E-state index contributed by atoms with van der Waals surface area (Å²) >= 11 is 0. The van der Waals surface area contributed by atoms with E-state index in [1.54, 1.807) is 28.8 Å². The SMILES string of the molecule is O=C(Nc1ccccc1)Nc1ncnc2c1ncn2[C@@H]1O[C@H](COP(=O)([O-])O)[C@@H]2OC(C#Cc3ccccc3)OC21. The molecule has 2 aromatic heterocycles. The first-order chi connectivity index (χ1) is 19.8. The van der Waals surface area contributed by atoms with E-state index >= 15 is 0 Å². The fourth-order valence-corrected chi connectivity index (χ4v) is 4.85. The Morgan fingerprint density at radius 3 is 2.51 bits per heavy atom. The zero-order valence-electron chi connectivity index (χ0n) is 21.1. The van der Waals surface area contributed by atoms with Crippen LogP contribution in [0.1, 0.15) is 11.8 Å². The van der Waals surface area contributed by atoms with Gasteiger partial charge in [0.25, 0.3) is 7.82 Å². The Balaban J connectivity index is 1.25. The summed E-state index contributed by atoms with van der Waals surface area (Å²) in [6.07, 6.45) is -1.67. The Kier molecular flexibility index (Phi) is 7.48. The van der Waals surface area contributed by atoms with E-state index < -0.39 is 51.3 Å². The molecule has 2 saturated heterocycles. The molecule has 14 nitrogen and oxygen atoms in total. The van der Waals surface area contributed by atoms with E-state index in [0.717, 1.165) is 5.56 Å². The van der Waals surface area contributed by atoms with Crippen LogP contribution in [0.5, 0.6) is 0 Å². The molecule has 41 heavy (non-hydrogen) atoms. The molecule has 0 bridgehead atoms. The van der Waals surface area contributed by atoms with E-state index in [-0.39, 0.29) is 11.3 Å². The van der Waals surface area contributed by atoms with Gasteiger partial charge in [-0.1, -0.05) is 42.3 Å². The Morgan fingerprint density at radius 1 is 1.02 bits per heavy atom. The number of urea groups is 1. The molecule has 0 saturated carbocycles. The van der Waals surface area contributed by atoms with Gasteiger partial charge in [-0.25, -0.2) is 19.7 Å². The van der Waals surface area contributed by atoms with E-state index in [2.05, 4.69) is 42.0 Å². The standard InChI is InChI=1S/C26H23N6O8P/c33-26(30-17-9-5-2-6-10-17)31-23-20-24(28-14-27-23)32(15-29-20)25-22-21(18(38-25)13-37-41(34,35)36)39-19(40-22)12-11-16-7-3-1-4-8-16/h1-10,14-15,18-19,21-22,25H,13H2,(H2,34,35,36)(H2,27,28,30,31,33)/p-1/t18-,19?,21+,22?,25-/m1/s1. The number of carbonyl (C=O) groups is 1. The smallest absolute Gasteiger partial charge is 0.324 e. The first-order valence-electron chi connectivity index (χ1n) is 12.4. The molecular formula is C26H22N6O8P-. The molecule has 0 spiro atoms. The Morgan fingerprint density at radius 2 is 1.76 bits per heavy atom. The zero-order chi connectivity index (χ0) is 28.4. The van der Waals surface area contributed by atoms with Crippen LogP contribution in [0.3, 0.4) is 0 Å². The number of imidazole rings is 1. The van der Waals surface area contributed by atoms with Crippen LogP contribution >= 0.6 is 7.82 Å². The van der Waals surface area contributed by atoms with Gasteiger partial charge >= 0.3 is 6.03 Å². The van der Waals surface area contributed by atoms with Crippen molar-refractivity contribution in [2.24, 2.45) is 0 Å². The minimum absolute atomic E-state index is 0.152. The van der Waals surface area contributed by atoms with Gasteiger partial charge in [-0.15, -0.1) is 0 Å². The second-order valence-corrected chi connectivity index (χ2v) is 10.2. The third-order valence-electron chi connectivity index (χ3n) is 6.25. The number of fused-ring (bicyclic) bond motifs is 2. The van der Waals surface area contributed by atoms with Crippen molar-refractivity contribution in [3.8, 4) is 11.8 Å². The molecule has 2 aromatic carbocycles. The lowest BCUT2D eigenvalue weighted by Gasteiger charge is -2.22. The number of nitrogens with one attached hydrogen (secondary N) is 2. The number of hydrogen-bond acceptors (Lipinski definition) is 10. The molecule has 4 heterocycles. The van der Waals surface area contributed by atoms with Crippen LogP contribution in [0.15, 0.2) is 73.3 Å². The van der Waals surface area contributed by atoms with Crippen molar-refractivity contribution in [3.05, 3.63) is 78.9 Å². The van der Waals surface area contributed by atoms with Gasteiger partial charge in [-0.3, -0.25) is 14.4 Å². The maximum atomic E-state index is 12.6. The van der Waals surface area contributed by atoms with Crippen LogP contribution in [0, 0.1) is 11.8 Å². The molecule has 0 radical (unpaired) electrons. The fraction of sp³-hybridized carbons (Fsp3) is 0.231. The highest BCUT2D eigenvalue weighted by Crippen LogP contribution is 2.42. The van der Waals surface area contributed by atoms with E-state index in [1.807, 2.05) is 36.4 Å². The highest BCUT2D eigenvalue weighted by Gasteiger charge is 2.54. The average molecular weight is 577 g/mol. The van der Waals surface area contributed by atoms with Crippen LogP contribution in [-0.4, -0.2) is 61.7 Å². The predicted molar refractivity (Wildman–Crippen MR) is 141 cm³/mol. The average Bonchev–Trinajstić information content (AvgIpc) is 3.66. The molecule has 3 unspecified atom stereocenters. The molecule has 15 heteroatoms. The van der Waals surface area contributed by atoms with Crippen LogP contribution in [0.2, 0.25) is 0 Å². The molecule has 3 N–H and O–H groups in total. The molecule has 6 rings (SSSR count). The summed E-state index contributed by atoms with van der Waals surface area (Å²) in [5, 5.41) is 5.37. The first kappa shape index (κ1) is 27.0. The Hall–Kier alpha value is -4.19. The first-order valence-corrected chi connectivity index (χ1v) is 13.9. The second kappa shape index (κ2) is 11.4. The predicted octanol–water partition coefficient (Wildman–Crippen LogP) is 2.01. The molecule has 4 aromatic rings. The quantitative estimate of drug-likeness (QED) is 0.225. The van der Waals surface area contributed by atoms with Crippen molar-refractivity contribution in [2.45, 2.75) is 30.8 Å². The summed E-state index contributed by atoms with van der Waals surface area (Å²) in [6, 6.07) is 17.6. The fourth-order valence-electron chi connectivity index (χ4n) is 4.51. The lowest BCUT2D eigenvalue weighted by molar-refractivity contribution is -0.223. The van der Waals surface area contributed by atoms with Crippen LogP contribution in [0.25, 0.3) is 11.2 Å². The highest BCUT2D eigenvalue weighted by atomic mass is 31.2. The van der Waals surface area contributed by atoms with Crippen molar-refractivity contribution >= 4 is 36.5 Å².